The number of halogens is 1. The molecular formula is C15H22BrN5O. The Morgan fingerprint density at radius 3 is 2.68 bits per heavy atom. The predicted octanol–water partition coefficient (Wildman–Crippen LogP) is 2.36. The van der Waals surface area contributed by atoms with E-state index in [1.165, 1.54) is 0 Å². The number of nitrogens with zero attached hydrogens (tertiary/aromatic N) is 5. The Kier molecular flexibility index (Phi) is 3.89. The maximum absolute atomic E-state index is 10.6. The summed E-state index contributed by atoms with van der Waals surface area (Å²) in [7, 11) is 1.87. The summed E-state index contributed by atoms with van der Waals surface area (Å²) in [5, 5.41) is 15.8. The van der Waals surface area contributed by atoms with Gasteiger partial charge in [0.25, 0.3) is 0 Å². The van der Waals surface area contributed by atoms with Crippen LogP contribution in [-0.4, -0.2) is 44.0 Å². The summed E-state index contributed by atoms with van der Waals surface area (Å²) in [4.78, 5) is 10.9. The number of rotatable bonds is 1. The molecule has 22 heavy (non-hydrogen) atoms. The van der Waals surface area contributed by atoms with Gasteiger partial charge in [0.15, 0.2) is 5.65 Å². The highest BCUT2D eigenvalue weighted by molar-refractivity contribution is 9.10. The second-order valence-electron chi connectivity index (χ2n) is 7.08. The second-order valence-corrected chi connectivity index (χ2v) is 7.84. The molecule has 2 aromatic heterocycles. The minimum absolute atomic E-state index is 0.112. The van der Waals surface area contributed by atoms with Crippen molar-refractivity contribution in [2.24, 2.45) is 18.4 Å². The van der Waals surface area contributed by atoms with E-state index in [-0.39, 0.29) is 11.5 Å². The van der Waals surface area contributed by atoms with Crippen molar-refractivity contribution >= 4 is 32.8 Å². The maximum Gasteiger partial charge on any atom is 0.164 e. The first-order valence-corrected chi connectivity index (χ1v) is 8.34. The molecule has 7 heteroatoms. The molecule has 0 unspecified atom stereocenters. The van der Waals surface area contributed by atoms with Crippen LogP contribution in [0.4, 0.5) is 5.82 Å². The molecule has 0 spiro atoms. The highest BCUT2D eigenvalue weighted by Gasteiger charge is 2.36. The summed E-state index contributed by atoms with van der Waals surface area (Å²) in [6.07, 6.45) is 2.16. The van der Waals surface area contributed by atoms with Crippen molar-refractivity contribution in [1.29, 1.82) is 0 Å². The molecule has 2 aromatic rings. The van der Waals surface area contributed by atoms with Gasteiger partial charge in [0, 0.05) is 20.1 Å². The molecular weight excluding hydrogens is 346 g/mol. The molecule has 0 saturated carbocycles. The van der Waals surface area contributed by atoms with Gasteiger partial charge < -0.3 is 10.0 Å². The van der Waals surface area contributed by atoms with Gasteiger partial charge in [0.2, 0.25) is 0 Å². The molecule has 1 saturated heterocycles. The second kappa shape index (κ2) is 5.45. The Balaban J connectivity index is 1.94. The zero-order chi connectivity index (χ0) is 16.1. The largest absolute Gasteiger partial charge is 0.391 e. The average molecular weight is 368 g/mol. The molecule has 0 aromatic carbocycles. The van der Waals surface area contributed by atoms with Gasteiger partial charge in [-0.05, 0) is 33.7 Å². The van der Waals surface area contributed by atoms with Crippen LogP contribution in [0.1, 0.15) is 27.2 Å². The van der Waals surface area contributed by atoms with Crippen LogP contribution in [0.5, 0.6) is 0 Å². The number of hydrogen-bond donors (Lipinski definition) is 1. The number of fused-ring (bicyclic) bond motifs is 1. The van der Waals surface area contributed by atoms with Crippen molar-refractivity contribution in [3.05, 3.63) is 10.9 Å². The van der Waals surface area contributed by atoms with E-state index in [2.05, 4.69) is 56.7 Å². The third kappa shape index (κ3) is 2.60. The lowest BCUT2D eigenvalue weighted by Gasteiger charge is -2.42. The Hall–Kier alpha value is -1.21. The summed E-state index contributed by atoms with van der Waals surface area (Å²) in [5.41, 5.74) is 0.908. The van der Waals surface area contributed by atoms with Gasteiger partial charge in [-0.1, -0.05) is 20.8 Å². The van der Waals surface area contributed by atoms with Gasteiger partial charge in [-0.2, -0.15) is 5.10 Å². The molecule has 1 fully saturated rings. The summed E-state index contributed by atoms with van der Waals surface area (Å²) in [6.45, 7) is 8.05. The SMILES string of the molecule is Cn1nc(Br)c2c(N3CC[C@H](C(C)(C)C)[C@H](O)C3)ncnc21. The van der Waals surface area contributed by atoms with Gasteiger partial charge in [-0.3, -0.25) is 0 Å². The smallest absolute Gasteiger partial charge is 0.164 e. The summed E-state index contributed by atoms with van der Waals surface area (Å²) in [6, 6.07) is 0. The van der Waals surface area contributed by atoms with E-state index in [1.807, 2.05) is 7.05 Å². The van der Waals surface area contributed by atoms with Crippen molar-refractivity contribution in [2.45, 2.75) is 33.3 Å². The van der Waals surface area contributed by atoms with Crippen molar-refractivity contribution in [1.82, 2.24) is 19.7 Å². The molecule has 1 aliphatic heterocycles. The van der Waals surface area contributed by atoms with Crippen LogP contribution in [0.25, 0.3) is 11.0 Å². The Morgan fingerprint density at radius 1 is 1.32 bits per heavy atom. The van der Waals surface area contributed by atoms with Crippen molar-refractivity contribution in [2.75, 3.05) is 18.0 Å². The van der Waals surface area contributed by atoms with E-state index in [1.54, 1.807) is 11.0 Å². The van der Waals surface area contributed by atoms with Crippen molar-refractivity contribution in [3.8, 4) is 0 Å². The monoisotopic (exact) mass is 367 g/mol. The number of aliphatic hydroxyl groups is 1. The van der Waals surface area contributed by atoms with E-state index in [0.29, 0.717) is 12.5 Å². The topological polar surface area (TPSA) is 67.1 Å². The molecule has 3 heterocycles. The summed E-state index contributed by atoms with van der Waals surface area (Å²) < 4.78 is 2.48. The van der Waals surface area contributed by atoms with Gasteiger partial charge in [0.1, 0.15) is 16.7 Å². The molecule has 0 bridgehead atoms. The Bertz CT molecular complexity index is 693. The van der Waals surface area contributed by atoms with E-state index >= 15 is 0 Å². The quantitative estimate of drug-likeness (QED) is 0.837. The van der Waals surface area contributed by atoms with Gasteiger partial charge in [-0.25, -0.2) is 14.6 Å². The molecule has 120 valence electrons. The van der Waals surface area contributed by atoms with Crippen LogP contribution in [0.15, 0.2) is 10.9 Å². The molecule has 1 N–H and O–H groups in total. The Labute approximate surface area is 138 Å². The number of hydrogen-bond acceptors (Lipinski definition) is 5. The standard InChI is InChI=1S/C15H22BrN5O/c1-15(2,3)9-5-6-21(7-10(9)22)14-11-12(16)19-20(4)13(11)17-8-18-14/h8-10,22H,5-7H2,1-4H3/t9-,10+/m0/s1. The number of anilines is 1. The van der Waals surface area contributed by atoms with Crippen molar-refractivity contribution in [3.63, 3.8) is 0 Å². The maximum atomic E-state index is 10.6. The average Bonchev–Trinajstić information content (AvgIpc) is 2.73. The number of aromatic nitrogens is 4. The molecule has 2 atom stereocenters. The van der Waals surface area contributed by atoms with E-state index in [9.17, 15) is 5.11 Å². The zero-order valence-corrected chi connectivity index (χ0v) is 15.0. The summed E-state index contributed by atoms with van der Waals surface area (Å²) in [5.74, 6) is 1.15. The molecule has 3 rings (SSSR count). The van der Waals surface area contributed by atoms with Gasteiger partial charge in [-0.15, -0.1) is 0 Å². The number of aliphatic hydroxyl groups excluding tert-OH is 1. The van der Waals surface area contributed by atoms with Gasteiger partial charge >= 0.3 is 0 Å². The molecule has 6 nitrogen and oxygen atoms in total. The minimum Gasteiger partial charge on any atom is -0.391 e. The third-order valence-electron chi connectivity index (χ3n) is 4.55. The highest BCUT2D eigenvalue weighted by Crippen LogP contribution is 2.37. The molecule has 0 radical (unpaired) electrons. The van der Waals surface area contributed by atoms with Crippen LogP contribution in [0.3, 0.4) is 0 Å². The molecule has 1 aliphatic rings. The predicted molar refractivity (Wildman–Crippen MR) is 89.8 cm³/mol. The third-order valence-corrected chi connectivity index (χ3v) is 5.11. The van der Waals surface area contributed by atoms with E-state index in [0.717, 1.165) is 34.4 Å². The van der Waals surface area contributed by atoms with Crippen LogP contribution < -0.4 is 4.90 Å². The lowest BCUT2D eigenvalue weighted by molar-refractivity contribution is 0.0292. The summed E-state index contributed by atoms with van der Waals surface area (Å²) >= 11 is 3.49. The first-order valence-electron chi connectivity index (χ1n) is 7.55. The first kappa shape index (κ1) is 15.7. The van der Waals surface area contributed by atoms with Crippen LogP contribution >= 0.6 is 15.9 Å². The number of aryl methyl sites for hydroxylation is 1. The van der Waals surface area contributed by atoms with Crippen LogP contribution in [-0.2, 0) is 7.05 Å². The van der Waals surface area contributed by atoms with E-state index in [4.69, 9.17) is 0 Å². The number of piperidine rings is 1. The van der Waals surface area contributed by atoms with Crippen LogP contribution in [0.2, 0.25) is 0 Å². The van der Waals surface area contributed by atoms with E-state index < -0.39 is 0 Å². The fourth-order valence-corrected chi connectivity index (χ4v) is 3.99. The Morgan fingerprint density at radius 2 is 2.05 bits per heavy atom. The fraction of sp³-hybridized carbons (Fsp3) is 0.667. The fourth-order valence-electron chi connectivity index (χ4n) is 3.40. The lowest BCUT2D eigenvalue weighted by atomic mass is 9.73. The van der Waals surface area contributed by atoms with Crippen LogP contribution in [0, 0.1) is 11.3 Å². The zero-order valence-electron chi connectivity index (χ0n) is 13.4. The van der Waals surface area contributed by atoms with Crippen molar-refractivity contribution < 1.29 is 5.11 Å². The highest BCUT2D eigenvalue weighted by atomic mass is 79.9. The number of β-amino-alcohol motifs (C(OH)–C–C–N with tert-alkyl or cyclic N) is 1. The van der Waals surface area contributed by atoms with Gasteiger partial charge in [0.05, 0.1) is 11.5 Å². The lowest BCUT2D eigenvalue weighted by Crippen LogP contribution is -2.48. The first-order chi connectivity index (χ1) is 10.3. The minimum atomic E-state index is -0.353. The molecule has 0 amide bonds. The molecule has 0 aliphatic carbocycles. The normalized spacial score (nSPS) is 23.3.